The number of aliphatic hydroxyl groups is 1. The number of nitrogens with zero attached hydrogens (tertiary/aromatic N) is 2. The first-order valence-corrected chi connectivity index (χ1v) is 23.3. The number of carbonyl (C=O) groups is 2. The fourth-order valence-electron chi connectivity index (χ4n) is 8.72. The van der Waals surface area contributed by atoms with Gasteiger partial charge in [-0.1, -0.05) is 36.4 Å². The highest BCUT2D eigenvalue weighted by molar-refractivity contribution is 7.22. The van der Waals surface area contributed by atoms with Crippen LogP contribution in [-0.2, 0) is 11.3 Å². The zero-order valence-corrected chi connectivity index (χ0v) is 38.7. The summed E-state index contributed by atoms with van der Waals surface area (Å²) in [6, 6.07) is 24.2. The van der Waals surface area contributed by atoms with Crippen molar-refractivity contribution in [3.8, 4) is 33.8 Å². The molecule has 0 bridgehead atoms. The van der Waals surface area contributed by atoms with Gasteiger partial charge in [0.1, 0.15) is 50.2 Å². The number of alkyl halides is 1. The van der Waals surface area contributed by atoms with Gasteiger partial charge in [0, 0.05) is 70.7 Å². The Labute approximate surface area is 395 Å². The molecule has 9 nitrogen and oxygen atoms in total. The third-order valence-electron chi connectivity index (χ3n) is 11.6. The molecule has 0 saturated carbocycles. The van der Waals surface area contributed by atoms with Crippen LogP contribution in [0.25, 0.3) is 42.7 Å². The normalized spacial score (nSPS) is 15.6. The zero-order valence-electron chi connectivity index (χ0n) is 37.1. The predicted octanol–water partition coefficient (Wildman–Crippen LogP) is 12.4. The number of hydrogen-bond acceptors (Lipinski definition) is 9. The zero-order chi connectivity index (χ0) is 48.1. The Bertz CT molecular complexity index is 3000. The predicted molar refractivity (Wildman–Crippen MR) is 253 cm³/mol. The molecule has 0 fully saturated rings. The molecule has 0 saturated heterocycles. The van der Waals surface area contributed by atoms with Crippen molar-refractivity contribution < 1.29 is 46.1 Å². The maximum Gasteiger partial charge on any atom is 0.262 e. The van der Waals surface area contributed by atoms with Crippen molar-refractivity contribution in [1.29, 1.82) is 0 Å². The second-order valence-electron chi connectivity index (χ2n) is 17.4. The van der Waals surface area contributed by atoms with Gasteiger partial charge in [-0.05, 0) is 87.4 Å². The van der Waals surface area contributed by atoms with Crippen molar-refractivity contribution in [3.05, 3.63) is 165 Å². The highest BCUT2D eigenvalue weighted by atomic mass is 32.1. The Morgan fingerprint density at radius 2 is 1.01 bits per heavy atom. The molecule has 2 atom stereocenters. The minimum absolute atomic E-state index is 0.157. The van der Waals surface area contributed by atoms with Gasteiger partial charge >= 0.3 is 0 Å². The second-order valence-corrected chi connectivity index (χ2v) is 19.5. The summed E-state index contributed by atoms with van der Waals surface area (Å²) in [5, 5.41) is 17.1. The van der Waals surface area contributed by atoms with E-state index in [4.69, 9.17) is 9.47 Å². The van der Waals surface area contributed by atoms with E-state index in [2.05, 4.69) is 20.6 Å². The topological polar surface area (TPSA) is 123 Å². The van der Waals surface area contributed by atoms with E-state index in [1.54, 1.807) is 26.0 Å². The number of carbonyl (C=O) groups excluding carboxylic acids is 2. The molecule has 2 aliphatic heterocycles. The van der Waals surface area contributed by atoms with E-state index >= 15 is 4.39 Å². The van der Waals surface area contributed by atoms with Crippen LogP contribution in [0.1, 0.15) is 94.2 Å². The van der Waals surface area contributed by atoms with Crippen molar-refractivity contribution in [2.24, 2.45) is 0 Å². The summed E-state index contributed by atoms with van der Waals surface area (Å²) in [6.07, 6.45) is 4.16. The first-order valence-electron chi connectivity index (χ1n) is 21.7. The summed E-state index contributed by atoms with van der Waals surface area (Å²) < 4.78 is 83.5. The van der Waals surface area contributed by atoms with Crippen LogP contribution < -0.4 is 20.1 Å². The minimum atomic E-state index is -1.88. The number of benzene rings is 4. The number of nitrogens with one attached hydrogen (secondary N) is 2. The van der Waals surface area contributed by atoms with Crippen LogP contribution in [0.4, 0.5) is 22.0 Å². The summed E-state index contributed by atoms with van der Waals surface area (Å²) in [4.78, 5) is 36.2. The van der Waals surface area contributed by atoms with Crippen molar-refractivity contribution in [2.75, 3.05) is 13.2 Å². The van der Waals surface area contributed by atoms with E-state index in [0.717, 1.165) is 51.7 Å². The molecule has 0 aliphatic carbocycles. The smallest absolute Gasteiger partial charge is 0.262 e. The maximum absolute atomic E-state index is 15.4. The van der Waals surface area contributed by atoms with Crippen molar-refractivity contribution in [3.63, 3.8) is 0 Å². The summed E-state index contributed by atoms with van der Waals surface area (Å²) >= 11 is 2.22. The lowest BCUT2D eigenvalue weighted by molar-refractivity contribution is 0.0760. The molecule has 0 unspecified atom stereocenters. The van der Waals surface area contributed by atoms with Gasteiger partial charge in [0.2, 0.25) is 0 Å². The van der Waals surface area contributed by atoms with Crippen LogP contribution in [-0.4, -0.2) is 40.1 Å². The van der Waals surface area contributed by atoms with Crippen LogP contribution in [0, 0.1) is 23.3 Å². The van der Waals surface area contributed by atoms with Gasteiger partial charge in [0.25, 0.3) is 11.8 Å². The minimum Gasteiger partial charge on any atom is -0.493 e. The molecule has 10 rings (SSSR count). The van der Waals surface area contributed by atoms with E-state index in [9.17, 15) is 32.3 Å². The molecule has 2 aliphatic rings. The van der Waals surface area contributed by atoms with E-state index in [0.29, 0.717) is 84.9 Å². The van der Waals surface area contributed by atoms with Gasteiger partial charge < -0.3 is 25.2 Å². The summed E-state index contributed by atoms with van der Waals surface area (Å²) in [6.45, 7) is 6.84. The Morgan fingerprint density at radius 3 is 1.43 bits per heavy atom. The molecule has 0 radical (unpaired) electrons. The first-order chi connectivity index (χ1) is 32.4. The van der Waals surface area contributed by atoms with Crippen LogP contribution >= 0.6 is 22.7 Å². The monoisotopic (exact) mass is 962 g/mol. The number of amides is 2. The van der Waals surface area contributed by atoms with Gasteiger partial charge in [-0.15, -0.1) is 22.7 Å². The highest BCUT2D eigenvalue weighted by Gasteiger charge is 2.35. The molecule has 0 spiro atoms. The van der Waals surface area contributed by atoms with Crippen LogP contribution in [0.15, 0.2) is 109 Å². The fraction of sp³-hybridized carbons (Fsp3) is 0.231. The number of para-hydroxylation sites is 2. The van der Waals surface area contributed by atoms with Gasteiger partial charge in [-0.25, -0.2) is 22.0 Å². The summed E-state index contributed by atoms with van der Waals surface area (Å²) in [5.41, 5.74) is 1.40. The highest BCUT2D eigenvalue weighted by Crippen LogP contribution is 2.45. The number of thiophene rings is 2. The lowest BCUT2D eigenvalue weighted by Gasteiger charge is -2.27. The molecule has 3 N–H and O–H groups in total. The van der Waals surface area contributed by atoms with Gasteiger partial charge in [-0.3, -0.25) is 19.6 Å². The fourth-order valence-corrected chi connectivity index (χ4v) is 11.4. The van der Waals surface area contributed by atoms with E-state index in [1.165, 1.54) is 50.5 Å². The Kier molecular flexibility index (Phi) is 12.5. The van der Waals surface area contributed by atoms with Crippen molar-refractivity contribution >= 4 is 54.9 Å². The average molecular weight is 963 g/mol. The lowest BCUT2D eigenvalue weighted by Crippen LogP contribution is -2.33. The second kappa shape index (κ2) is 18.4. The number of pyridine rings is 2. The Balaban J connectivity index is 0.000000170. The maximum atomic E-state index is 15.4. The SMILES string of the molecule is CC(C)(F)c1c(C(=O)N[C@H]2CCOc3ccccc32)sc2c(-c3cc(F)cc(F)c3)ccnc12.CC(C)(O)c1c(C(=O)N[C@H]2CCOc3ccccc32)sc2c(-c3cc(F)cc(F)c3)ccnc12. The Morgan fingerprint density at radius 1 is 0.618 bits per heavy atom. The third kappa shape index (κ3) is 9.27. The molecule has 6 heterocycles. The van der Waals surface area contributed by atoms with Crippen molar-refractivity contribution in [1.82, 2.24) is 20.6 Å². The molecular formula is C52H43F5N4O5S2. The first kappa shape index (κ1) is 46.4. The molecular weight excluding hydrogens is 920 g/mol. The van der Waals surface area contributed by atoms with Crippen LogP contribution in [0.5, 0.6) is 11.5 Å². The van der Waals surface area contributed by atoms with Crippen LogP contribution in [0.2, 0.25) is 0 Å². The molecule has 4 aromatic carbocycles. The standard InChI is InChI=1S/C26H21F3N2O2S.C26H22F2N2O3S/c1-26(2,29)21-22-23(17(7-9-30-22)14-11-15(27)13-16(28)12-14)34-24(21)25(32)31-19-8-10-33-20-6-4-3-5-18(19)20;1-26(2,32)21-22-23(17(7-9-29-22)14-11-15(27)13-16(28)12-14)34-24(21)25(31)30-19-8-10-33-20-6-4-3-5-18(19)20/h3-7,9,11-13,19H,8,10H2,1-2H3,(H,31,32);3-7,9,11-13,19,32H,8,10H2,1-2H3,(H,30,31)/t2*19-/m00/s1. The number of rotatable bonds is 8. The average Bonchev–Trinajstić information content (AvgIpc) is 3.90. The molecule has 68 heavy (non-hydrogen) atoms. The summed E-state index contributed by atoms with van der Waals surface area (Å²) in [5.74, 6) is -2.18. The van der Waals surface area contributed by atoms with E-state index in [1.807, 2.05) is 48.5 Å². The van der Waals surface area contributed by atoms with E-state index in [-0.39, 0.29) is 28.4 Å². The summed E-state index contributed by atoms with van der Waals surface area (Å²) in [7, 11) is 0. The number of ether oxygens (including phenoxy) is 2. The quantitative estimate of drug-likeness (QED) is 0.130. The number of hydrogen-bond donors (Lipinski definition) is 3. The molecule has 348 valence electrons. The van der Waals surface area contributed by atoms with Gasteiger partial charge in [-0.2, -0.15) is 0 Å². The molecule has 2 amide bonds. The Hall–Kier alpha value is -6.75. The molecule has 16 heteroatoms. The van der Waals surface area contributed by atoms with Crippen LogP contribution in [0.3, 0.4) is 0 Å². The third-order valence-corrected chi connectivity index (χ3v) is 14.1. The lowest BCUT2D eigenvalue weighted by atomic mass is 9.95. The number of fused-ring (bicyclic) bond motifs is 4. The molecule has 4 aromatic heterocycles. The van der Waals surface area contributed by atoms with Gasteiger partial charge in [0.05, 0.1) is 51.3 Å². The number of aromatic nitrogens is 2. The largest absolute Gasteiger partial charge is 0.493 e. The van der Waals surface area contributed by atoms with Crippen molar-refractivity contribution in [2.45, 2.75) is 63.9 Å². The van der Waals surface area contributed by atoms with Gasteiger partial charge in [0.15, 0.2) is 0 Å². The molecule has 8 aromatic rings. The van der Waals surface area contributed by atoms with E-state index < -0.39 is 40.4 Å². The number of halogens is 5.